The lowest BCUT2D eigenvalue weighted by Gasteiger charge is -2.32. The molecule has 1 aliphatic heterocycles. The Balaban J connectivity index is 1.40. The maximum absolute atomic E-state index is 12.6. The molecule has 8 nitrogen and oxygen atoms in total. The van der Waals surface area contributed by atoms with E-state index in [9.17, 15) is 4.79 Å². The summed E-state index contributed by atoms with van der Waals surface area (Å²) in [6.45, 7) is 3.23. The third-order valence-electron chi connectivity index (χ3n) is 5.59. The minimum absolute atomic E-state index is 0.0964. The molecule has 2 aromatic heterocycles. The number of aromatic amines is 2. The van der Waals surface area contributed by atoms with Crippen LogP contribution in [0.5, 0.6) is 0 Å². The number of amides is 2. The molecule has 1 fully saturated rings. The molecule has 0 bridgehead atoms. The second kappa shape index (κ2) is 6.38. The molecule has 2 amide bonds. The van der Waals surface area contributed by atoms with Crippen molar-refractivity contribution in [1.29, 1.82) is 0 Å². The van der Waals surface area contributed by atoms with Crippen LogP contribution in [0.4, 0.5) is 10.5 Å². The first-order valence-electron chi connectivity index (χ1n) is 9.47. The van der Waals surface area contributed by atoms with Crippen LogP contribution in [-0.4, -0.2) is 69.2 Å². The van der Waals surface area contributed by atoms with Gasteiger partial charge in [-0.05, 0) is 49.6 Å². The number of anilines is 1. The maximum Gasteiger partial charge on any atom is 0.322 e. The number of benzene rings is 1. The fourth-order valence-electron chi connectivity index (χ4n) is 3.96. The number of aryl methyl sites for hydroxylation is 2. The van der Waals surface area contributed by atoms with Gasteiger partial charge in [-0.25, -0.2) is 9.78 Å². The summed E-state index contributed by atoms with van der Waals surface area (Å²) >= 11 is 0. The second-order valence-electron chi connectivity index (χ2n) is 7.45. The van der Waals surface area contributed by atoms with Crippen LogP contribution in [-0.2, 0) is 12.8 Å². The molecule has 8 heteroatoms. The lowest BCUT2D eigenvalue weighted by molar-refractivity contribution is 0.164. The molecule has 0 unspecified atom stereocenters. The van der Waals surface area contributed by atoms with E-state index in [2.05, 4.69) is 44.6 Å². The van der Waals surface area contributed by atoms with Gasteiger partial charge in [0.2, 0.25) is 0 Å². The lowest BCUT2D eigenvalue weighted by Crippen LogP contribution is -2.48. The monoisotopic (exact) mass is 365 g/mol. The molecule has 3 heterocycles. The first kappa shape index (κ1) is 16.3. The van der Waals surface area contributed by atoms with E-state index in [1.165, 1.54) is 17.5 Å². The summed E-state index contributed by atoms with van der Waals surface area (Å²) in [5, 5.41) is 10.1. The van der Waals surface area contributed by atoms with Crippen LogP contribution < -0.4 is 5.32 Å². The Morgan fingerprint density at radius 3 is 2.74 bits per heavy atom. The quantitative estimate of drug-likeness (QED) is 0.649. The van der Waals surface area contributed by atoms with Crippen LogP contribution in [0.2, 0.25) is 0 Å². The van der Waals surface area contributed by atoms with Crippen molar-refractivity contribution < 1.29 is 4.79 Å². The highest BCUT2D eigenvalue weighted by Gasteiger charge is 2.22. The van der Waals surface area contributed by atoms with Gasteiger partial charge >= 0.3 is 6.03 Å². The fraction of sp³-hybridized carbons (Fsp3) is 0.421. The summed E-state index contributed by atoms with van der Waals surface area (Å²) in [4.78, 5) is 24.7. The van der Waals surface area contributed by atoms with Crippen LogP contribution >= 0.6 is 0 Å². The third kappa shape index (κ3) is 2.95. The molecule has 2 aliphatic rings. The number of hydrogen-bond acceptors (Lipinski definition) is 4. The molecule has 1 aromatic carbocycles. The summed E-state index contributed by atoms with van der Waals surface area (Å²) in [7, 11) is 2.07. The molecule has 3 aromatic rings. The normalized spacial score (nSPS) is 17.4. The Labute approximate surface area is 157 Å². The van der Waals surface area contributed by atoms with E-state index in [4.69, 9.17) is 4.98 Å². The maximum atomic E-state index is 12.6. The number of H-pyrrole nitrogens is 2. The Morgan fingerprint density at radius 1 is 1.15 bits per heavy atom. The molecule has 0 saturated carbocycles. The summed E-state index contributed by atoms with van der Waals surface area (Å²) in [5.41, 5.74) is 6.05. The minimum atomic E-state index is -0.0964. The number of nitrogens with one attached hydrogen (secondary N) is 3. The zero-order chi connectivity index (χ0) is 18.4. The van der Waals surface area contributed by atoms with Gasteiger partial charge in [0.15, 0.2) is 11.5 Å². The zero-order valence-electron chi connectivity index (χ0n) is 15.4. The number of fused-ring (bicyclic) bond motifs is 2. The van der Waals surface area contributed by atoms with Crippen molar-refractivity contribution in [3.8, 4) is 11.5 Å². The molecule has 3 N–H and O–H groups in total. The number of rotatable bonds is 2. The highest BCUT2D eigenvalue weighted by Crippen LogP contribution is 2.30. The third-order valence-corrected chi connectivity index (χ3v) is 5.59. The van der Waals surface area contributed by atoms with Crippen molar-refractivity contribution in [2.75, 3.05) is 38.5 Å². The summed E-state index contributed by atoms with van der Waals surface area (Å²) in [6.07, 6.45) is 5.18. The van der Waals surface area contributed by atoms with Gasteiger partial charge < -0.3 is 20.1 Å². The largest absolute Gasteiger partial charge is 0.337 e. The van der Waals surface area contributed by atoms with E-state index in [-0.39, 0.29) is 6.03 Å². The summed E-state index contributed by atoms with van der Waals surface area (Å²) in [5.74, 6) is 0.670. The van der Waals surface area contributed by atoms with Gasteiger partial charge in [0.1, 0.15) is 0 Å². The molecule has 5 rings (SSSR count). The Kier molecular flexibility index (Phi) is 3.86. The lowest BCUT2D eigenvalue weighted by atomic mass is 10.1. The number of likely N-dealkylation sites (N-methyl/N-ethyl adjacent to an activating group) is 1. The fourth-order valence-corrected chi connectivity index (χ4v) is 3.96. The number of imidazole rings is 1. The molecule has 0 spiro atoms. The molecule has 0 radical (unpaired) electrons. The molecular weight excluding hydrogens is 342 g/mol. The molecule has 1 saturated heterocycles. The van der Waals surface area contributed by atoms with Crippen LogP contribution in [0.1, 0.15) is 17.5 Å². The van der Waals surface area contributed by atoms with Gasteiger partial charge in [-0.1, -0.05) is 0 Å². The first-order chi connectivity index (χ1) is 13.2. The van der Waals surface area contributed by atoms with Crippen molar-refractivity contribution in [1.82, 2.24) is 30.0 Å². The molecular formula is C19H23N7O. The van der Waals surface area contributed by atoms with Crippen LogP contribution in [0.15, 0.2) is 18.3 Å². The molecule has 27 heavy (non-hydrogen) atoms. The number of urea groups is 1. The minimum Gasteiger partial charge on any atom is -0.337 e. The average molecular weight is 365 g/mol. The van der Waals surface area contributed by atoms with Crippen LogP contribution in [0.3, 0.4) is 0 Å². The highest BCUT2D eigenvalue weighted by molar-refractivity contribution is 5.93. The Morgan fingerprint density at radius 2 is 1.93 bits per heavy atom. The van der Waals surface area contributed by atoms with Gasteiger partial charge in [-0.3, -0.25) is 5.10 Å². The smallest absolute Gasteiger partial charge is 0.322 e. The van der Waals surface area contributed by atoms with E-state index < -0.39 is 0 Å². The Bertz CT molecular complexity index is 956. The average Bonchev–Trinajstić information content (AvgIpc) is 3.38. The van der Waals surface area contributed by atoms with Crippen LogP contribution in [0, 0.1) is 0 Å². The van der Waals surface area contributed by atoms with E-state index in [1.807, 2.05) is 4.90 Å². The van der Waals surface area contributed by atoms with Crippen molar-refractivity contribution in [3.63, 3.8) is 0 Å². The van der Waals surface area contributed by atoms with Crippen molar-refractivity contribution in [3.05, 3.63) is 29.5 Å². The van der Waals surface area contributed by atoms with Gasteiger partial charge in [0.25, 0.3) is 0 Å². The standard InChI is InChI=1S/C19H23N7O/c1-25-5-7-26(8-6-25)19(27)23-16-11-20-24-17(16)18-21-14-9-12-3-2-4-13(12)10-15(14)22-18/h9-11H,2-8H2,1H3,(H,20,24)(H,21,22)(H,23,27). The summed E-state index contributed by atoms with van der Waals surface area (Å²) < 4.78 is 0. The highest BCUT2D eigenvalue weighted by atomic mass is 16.2. The SMILES string of the molecule is CN1CCN(C(=O)Nc2c[nH]nc2-c2nc3cc4c(cc3[nH]2)CCC4)CC1. The molecule has 1 aliphatic carbocycles. The number of aromatic nitrogens is 4. The summed E-state index contributed by atoms with van der Waals surface area (Å²) in [6, 6.07) is 4.27. The van der Waals surface area contributed by atoms with E-state index >= 15 is 0 Å². The number of hydrogen-bond donors (Lipinski definition) is 3. The predicted octanol–water partition coefficient (Wildman–Crippen LogP) is 2.22. The van der Waals surface area contributed by atoms with Gasteiger partial charge in [0.05, 0.1) is 16.7 Å². The van der Waals surface area contributed by atoms with Crippen molar-refractivity contribution >= 4 is 22.8 Å². The number of carbonyl (C=O) groups excluding carboxylic acids is 1. The van der Waals surface area contributed by atoms with E-state index in [1.54, 1.807) is 6.20 Å². The first-order valence-corrected chi connectivity index (χ1v) is 9.47. The van der Waals surface area contributed by atoms with Crippen molar-refractivity contribution in [2.24, 2.45) is 0 Å². The zero-order valence-corrected chi connectivity index (χ0v) is 15.4. The van der Waals surface area contributed by atoms with Crippen LogP contribution in [0.25, 0.3) is 22.6 Å². The topological polar surface area (TPSA) is 92.9 Å². The van der Waals surface area contributed by atoms with E-state index in [0.29, 0.717) is 17.2 Å². The number of carbonyl (C=O) groups is 1. The van der Waals surface area contributed by atoms with Gasteiger partial charge in [-0.2, -0.15) is 5.10 Å². The van der Waals surface area contributed by atoms with Gasteiger partial charge in [0, 0.05) is 32.4 Å². The number of piperazine rings is 1. The van der Waals surface area contributed by atoms with Gasteiger partial charge in [-0.15, -0.1) is 0 Å². The molecule has 0 atom stereocenters. The number of nitrogens with zero attached hydrogens (tertiary/aromatic N) is 4. The predicted molar refractivity (Wildman–Crippen MR) is 104 cm³/mol. The molecule has 140 valence electrons. The Hall–Kier alpha value is -2.87. The van der Waals surface area contributed by atoms with E-state index in [0.717, 1.165) is 50.1 Å². The second-order valence-corrected chi connectivity index (χ2v) is 7.45. The van der Waals surface area contributed by atoms with Crippen molar-refractivity contribution in [2.45, 2.75) is 19.3 Å².